The van der Waals surface area contributed by atoms with E-state index in [1.807, 2.05) is 0 Å². The minimum absolute atomic E-state index is 0.0106. The average Bonchev–Trinajstić information content (AvgIpc) is 2.77. The fourth-order valence-corrected chi connectivity index (χ4v) is 3.64. The minimum Gasteiger partial charge on any atom is -0.374 e. The largest absolute Gasteiger partial charge is 0.374 e. The second-order valence-electron chi connectivity index (χ2n) is 4.19. The number of ether oxygens (including phenoxy) is 1. The van der Waals surface area contributed by atoms with Gasteiger partial charge in [-0.15, -0.1) is 11.3 Å². The van der Waals surface area contributed by atoms with Crippen LogP contribution < -0.4 is 0 Å². The molecule has 0 aromatic carbocycles. The van der Waals surface area contributed by atoms with Crippen LogP contribution in [0.5, 0.6) is 0 Å². The minimum atomic E-state index is 0.0106. The maximum Gasteiger partial charge on any atom is 0.0959 e. The van der Waals surface area contributed by atoms with E-state index in [1.165, 1.54) is 16.3 Å². The molecule has 84 valence electrons. The summed E-state index contributed by atoms with van der Waals surface area (Å²) in [5.74, 6) is 0. The maximum absolute atomic E-state index is 5.86. The van der Waals surface area contributed by atoms with Crippen molar-refractivity contribution in [1.82, 2.24) is 4.98 Å². The number of aromatic nitrogens is 1. The molecule has 0 radical (unpaired) electrons. The lowest BCUT2D eigenvalue weighted by Gasteiger charge is -2.24. The Morgan fingerprint density at radius 3 is 2.80 bits per heavy atom. The predicted octanol–water partition coefficient (Wildman–Crippen LogP) is 3.25. The fraction of sp³-hybridized carbons (Fsp3) is 0.727. The van der Waals surface area contributed by atoms with Crippen LogP contribution in [0.3, 0.4) is 0 Å². The van der Waals surface area contributed by atoms with Gasteiger partial charge < -0.3 is 4.74 Å². The van der Waals surface area contributed by atoms with Crippen LogP contribution in [0, 0.1) is 13.8 Å². The van der Waals surface area contributed by atoms with Gasteiger partial charge in [0.15, 0.2) is 0 Å². The third-order valence-electron chi connectivity index (χ3n) is 2.97. The van der Waals surface area contributed by atoms with Crippen molar-refractivity contribution in [2.75, 3.05) is 11.9 Å². The third-order valence-corrected chi connectivity index (χ3v) is 5.07. The number of alkyl halides is 1. The lowest BCUT2D eigenvalue weighted by Crippen LogP contribution is -2.32. The van der Waals surface area contributed by atoms with Crippen molar-refractivity contribution in [2.24, 2.45) is 0 Å². The van der Waals surface area contributed by atoms with E-state index in [9.17, 15) is 0 Å². The highest BCUT2D eigenvalue weighted by molar-refractivity contribution is 9.09. The van der Waals surface area contributed by atoms with E-state index >= 15 is 0 Å². The van der Waals surface area contributed by atoms with Gasteiger partial charge in [0, 0.05) is 23.2 Å². The molecular formula is C11H16BrNOS. The number of rotatable bonds is 3. The standard InChI is InChI=1S/C11H16BrNOS/c1-8-9(2)15-10(13-8)6-11(7-12)4-3-5-14-11/h3-7H2,1-2H3. The average molecular weight is 290 g/mol. The predicted molar refractivity (Wildman–Crippen MR) is 67.0 cm³/mol. The second-order valence-corrected chi connectivity index (χ2v) is 6.04. The van der Waals surface area contributed by atoms with Crippen molar-refractivity contribution in [3.8, 4) is 0 Å². The number of aryl methyl sites for hydroxylation is 2. The lowest BCUT2D eigenvalue weighted by atomic mass is 9.99. The van der Waals surface area contributed by atoms with Gasteiger partial charge in [-0.2, -0.15) is 0 Å². The Bertz CT molecular complexity index is 325. The first-order valence-corrected chi connectivity index (χ1v) is 7.22. The molecule has 2 heterocycles. The molecular weight excluding hydrogens is 274 g/mol. The van der Waals surface area contributed by atoms with Crippen LogP contribution in [-0.2, 0) is 11.2 Å². The first kappa shape index (κ1) is 11.6. The van der Waals surface area contributed by atoms with Crippen molar-refractivity contribution >= 4 is 27.3 Å². The molecule has 1 saturated heterocycles. The molecule has 0 saturated carbocycles. The van der Waals surface area contributed by atoms with Gasteiger partial charge in [0.1, 0.15) is 0 Å². The Labute approximate surface area is 103 Å². The van der Waals surface area contributed by atoms with Crippen molar-refractivity contribution < 1.29 is 4.74 Å². The molecule has 0 aliphatic carbocycles. The van der Waals surface area contributed by atoms with Gasteiger partial charge in [-0.3, -0.25) is 0 Å². The monoisotopic (exact) mass is 289 g/mol. The van der Waals surface area contributed by atoms with E-state index in [1.54, 1.807) is 11.3 Å². The molecule has 4 heteroatoms. The number of thiazole rings is 1. The Morgan fingerprint density at radius 1 is 1.53 bits per heavy atom. The normalized spacial score (nSPS) is 26.1. The first-order chi connectivity index (χ1) is 7.15. The topological polar surface area (TPSA) is 22.1 Å². The summed E-state index contributed by atoms with van der Waals surface area (Å²) in [6, 6.07) is 0. The molecule has 1 fully saturated rings. The maximum atomic E-state index is 5.86. The third kappa shape index (κ3) is 2.43. The van der Waals surface area contributed by atoms with E-state index in [2.05, 4.69) is 34.8 Å². The SMILES string of the molecule is Cc1nc(CC2(CBr)CCCO2)sc1C. The second kappa shape index (κ2) is 4.52. The number of halogens is 1. The van der Waals surface area contributed by atoms with Gasteiger partial charge in [-0.05, 0) is 26.7 Å². The molecule has 2 nitrogen and oxygen atoms in total. The Balaban J connectivity index is 2.12. The fourth-order valence-electron chi connectivity index (χ4n) is 1.94. The lowest BCUT2D eigenvalue weighted by molar-refractivity contribution is 0.0259. The van der Waals surface area contributed by atoms with Crippen molar-refractivity contribution in [3.63, 3.8) is 0 Å². The summed E-state index contributed by atoms with van der Waals surface area (Å²) in [6.45, 7) is 5.10. The van der Waals surface area contributed by atoms with E-state index in [0.29, 0.717) is 0 Å². The quantitative estimate of drug-likeness (QED) is 0.797. The van der Waals surface area contributed by atoms with Crippen molar-refractivity contribution in [2.45, 2.75) is 38.7 Å². The molecule has 1 atom stereocenters. The summed E-state index contributed by atoms with van der Waals surface area (Å²) in [5.41, 5.74) is 1.18. The molecule has 1 unspecified atom stereocenters. The molecule has 0 N–H and O–H groups in total. The number of hydrogen-bond acceptors (Lipinski definition) is 3. The highest BCUT2D eigenvalue weighted by atomic mass is 79.9. The number of hydrogen-bond donors (Lipinski definition) is 0. The summed E-state index contributed by atoms with van der Waals surface area (Å²) in [5, 5.41) is 2.13. The Morgan fingerprint density at radius 2 is 2.33 bits per heavy atom. The van der Waals surface area contributed by atoms with Crippen molar-refractivity contribution in [3.05, 3.63) is 15.6 Å². The smallest absolute Gasteiger partial charge is 0.0959 e. The van der Waals surface area contributed by atoms with Crippen LogP contribution >= 0.6 is 27.3 Å². The van der Waals surface area contributed by atoms with Crippen LogP contribution in [0.4, 0.5) is 0 Å². The van der Waals surface area contributed by atoms with Crippen LogP contribution in [0.25, 0.3) is 0 Å². The molecule has 0 spiro atoms. The van der Waals surface area contributed by atoms with Gasteiger partial charge in [0.2, 0.25) is 0 Å². The van der Waals surface area contributed by atoms with Gasteiger partial charge in [0.05, 0.1) is 16.3 Å². The van der Waals surface area contributed by atoms with E-state index < -0.39 is 0 Å². The van der Waals surface area contributed by atoms with Crippen LogP contribution in [-0.4, -0.2) is 22.5 Å². The van der Waals surface area contributed by atoms with Crippen LogP contribution in [0.2, 0.25) is 0 Å². The van der Waals surface area contributed by atoms with Gasteiger partial charge in [-0.1, -0.05) is 15.9 Å². The van der Waals surface area contributed by atoms with Crippen LogP contribution in [0.1, 0.15) is 28.4 Å². The summed E-state index contributed by atoms with van der Waals surface area (Å²) < 4.78 is 5.86. The van der Waals surface area contributed by atoms with E-state index in [4.69, 9.17) is 4.74 Å². The zero-order valence-corrected chi connectivity index (χ0v) is 11.6. The van der Waals surface area contributed by atoms with E-state index in [-0.39, 0.29) is 5.60 Å². The molecule has 1 aromatic rings. The highest BCUT2D eigenvalue weighted by Gasteiger charge is 2.35. The summed E-state index contributed by atoms with van der Waals surface area (Å²) in [7, 11) is 0. The van der Waals surface area contributed by atoms with Gasteiger partial charge in [-0.25, -0.2) is 4.98 Å². The number of nitrogens with zero attached hydrogens (tertiary/aromatic N) is 1. The van der Waals surface area contributed by atoms with Crippen molar-refractivity contribution in [1.29, 1.82) is 0 Å². The highest BCUT2D eigenvalue weighted by Crippen LogP contribution is 2.32. The van der Waals surface area contributed by atoms with Gasteiger partial charge in [0.25, 0.3) is 0 Å². The molecule has 1 aliphatic rings. The van der Waals surface area contributed by atoms with Crippen LogP contribution in [0.15, 0.2) is 0 Å². The Hall–Kier alpha value is 0.0700. The van der Waals surface area contributed by atoms with Gasteiger partial charge >= 0.3 is 0 Å². The zero-order valence-electron chi connectivity index (χ0n) is 9.18. The Kier molecular flexibility index (Phi) is 3.48. The zero-order chi connectivity index (χ0) is 10.9. The first-order valence-electron chi connectivity index (χ1n) is 5.28. The summed E-state index contributed by atoms with van der Waals surface area (Å²) in [4.78, 5) is 5.91. The molecule has 15 heavy (non-hydrogen) atoms. The summed E-state index contributed by atoms with van der Waals surface area (Å²) in [6.07, 6.45) is 3.28. The molecule has 1 aromatic heterocycles. The molecule has 0 amide bonds. The molecule has 1 aliphatic heterocycles. The van der Waals surface area contributed by atoms with E-state index in [0.717, 1.165) is 30.5 Å². The molecule has 0 bridgehead atoms. The molecule has 2 rings (SSSR count). The summed E-state index contributed by atoms with van der Waals surface area (Å²) >= 11 is 5.37.